The lowest BCUT2D eigenvalue weighted by molar-refractivity contribution is -0.384. The van der Waals surface area contributed by atoms with Gasteiger partial charge in [0.25, 0.3) is 11.6 Å². The number of ether oxygens (including phenoxy) is 2. The molecular weight excluding hydrogens is 470 g/mol. The molecule has 1 amide bonds. The first-order chi connectivity index (χ1) is 16.1. The number of hydrogen-bond donors (Lipinski definition) is 0. The van der Waals surface area contributed by atoms with Gasteiger partial charge < -0.3 is 14.4 Å². The molecular formula is C21H21N3O9S. The van der Waals surface area contributed by atoms with Crippen molar-refractivity contribution in [3.05, 3.63) is 69.8 Å². The summed E-state index contributed by atoms with van der Waals surface area (Å²) in [4.78, 5) is 48.4. The van der Waals surface area contributed by atoms with Crippen molar-refractivity contribution in [2.24, 2.45) is 0 Å². The molecule has 12 nitrogen and oxygen atoms in total. The van der Waals surface area contributed by atoms with Crippen molar-refractivity contribution >= 4 is 33.6 Å². The first kappa shape index (κ1) is 24.8. The number of sulfonamides is 1. The van der Waals surface area contributed by atoms with E-state index in [1.54, 1.807) is 18.2 Å². The molecule has 2 aromatic carbocycles. The van der Waals surface area contributed by atoms with Gasteiger partial charge in [-0.3, -0.25) is 14.9 Å². The smallest absolute Gasteiger partial charge is 0.338 e. The van der Waals surface area contributed by atoms with E-state index in [0.29, 0.717) is 0 Å². The summed E-state index contributed by atoms with van der Waals surface area (Å²) in [7, 11) is -2.59. The van der Waals surface area contributed by atoms with E-state index >= 15 is 0 Å². The van der Waals surface area contributed by atoms with Crippen LogP contribution in [0, 0.1) is 10.1 Å². The van der Waals surface area contributed by atoms with Crippen LogP contribution in [0.2, 0.25) is 0 Å². The number of carbonyl (C=O) groups is 3. The predicted molar refractivity (Wildman–Crippen MR) is 116 cm³/mol. The quantitative estimate of drug-likeness (QED) is 0.314. The highest BCUT2D eigenvalue weighted by Crippen LogP contribution is 2.20. The van der Waals surface area contributed by atoms with Crippen molar-refractivity contribution in [3.63, 3.8) is 0 Å². The van der Waals surface area contributed by atoms with E-state index in [1.165, 1.54) is 21.3 Å². The van der Waals surface area contributed by atoms with Gasteiger partial charge in [-0.1, -0.05) is 18.2 Å². The summed E-state index contributed by atoms with van der Waals surface area (Å²) in [5, 5.41) is 11.1. The lowest BCUT2D eigenvalue weighted by atomic mass is 10.1. The molecule has 0 bridgehead atoms. The van der Waals surface area contributed by atoms with Gasteiger partial charge in [-0.25, -0.2) is 18.0 Å². The summed E-state index contributed by atoms with van der Waals surface area (Å²) in [5.74, 6) is -2.46. The summed E-state index contributed by atoms with van der Waals surface area (Å²) in [6, 6.07) is 10.9. The molecule has 1 heterocycles. The van der Waals surface area contributed by atoms with Gasteiger partial charge in [-0.15, -0.1) is 0 Å². The highest BCUT2D eigenvalue weighted by Gasteiger charge is 2.30. The molecule has 0 atom stereocenters. The number of carbonyl (C=O) groups excluding carboxylic acids is 3. The minimum Gasteiger partial charge on any atom is -0.465 e. The number of amides is 1. The molecule has 13 heteroatoms. The Morgan fingerprint density at radius 3 is 2.12 bits per heavy atom. The van der Waals surface area contributed by atoms with Crippen LogP contribution in [0.4, 0.5) is 5.69 Å². The lowest BCUT2D eigenvalue weighted by Crippen LogP contribution is -2.51. The van der Waals surface area contributed by atoms with E-state index in [9.17, 15) is 32.9 Å². The van der Waals surface area contributed by atoms with Crippen molar-refractivity contribution in [2.75, 3.05) is 39.9 Å². The topological polar surface area (TPSA) is 153 Å². The number of methoxy groups -OCH3 is 1. The SMILES string of the molecule is COC(=O)c1cc(C(=O)OCC(=O)N2CCN(S(=O)(=O)c3ccccc3)CC2)cc([N+](=O)[O-])c1. The Hall–Kier alpha value is -3.84. The molecule has 0 N–H and O–H groups in total. The first-order valence-corrected chi connectivity index (χ1v) is 11.5. The molecule has 0 aliphatic carbocycles. The second-order valence-corrected chi connectivity index (χ2v) is 9.13. The lowest BCUT2D eigenvalue weighted by Gasteiger charge is -2.33. The number of nitrogens with zero attached hydrogens (tertiary/aromatic N) is 3. The standard InChI is InChI=1S/C21H21N3O9S/c1-32-20(26)15-11-16(13-17(12-15)24(28)29)21(27)33-14-19(25)22-7-9-23(10-8-22)34(30,31)18-5-3-2-4-6-18/h2-6,11-13H,7-10,14H2,1H3. The number of piperazine rings is 1. The van der Waals surface area contributed by atoms with Gasteiger partial charge in [0.2, 0.25) is 10.0 Å². The van der Waals surface area contributed by atoms with E-state index in [2.05, 4.69) is 4.74 Å². The Kier molecular flexibility index (Phi) is 7.58. The summed E-state index contributed by atoms with van der Waals surface area (Å²) in [6.45, 7) is -0.299. The third kappa shape index (κ3) is 5.55. The van der Waals surface area contributed by atoms with Crippen molar-refractivity contribution < 1.29 is 37.2 Å². The normalized spacial score (nSPS) is 14.3. The Balaban J connectivity index is 1.59. The largest absolute Gasteiger partial charge is 0.465 e. The summed E-state index contributed by atoms with van der Waals surface area (Å²) >= 11 is 0. The van der Waals surface area contributed by atoms with Gasteiger partial charge in [-0.2, -0.15) is 4.31 Å². The Morgan fingerprint density at radius 1 is 0.971 bits per heavy atom. The zero-order chi connectivity index (χ0) is 24.9. The summed E-state index contributed by atoms with van der Waals surface area (Å²) in [6.07, 6.45) is 0. The van der Waals surface area contributed by atoms with Crippen LogP contribution in [0.1, 0.15) is 20.7 Å². The molecule has 0 aromatic heterocycles. The molecule has 3 rings (SSSR count). The van der Waals surface area contributed by atoms with Crippen molar-refractivity contribution in [2.45, 2.75) is 4.90 Å². The van der Waals surface area contributed by atoms with Crippen molar-refractivity contribution in [1.29, 1.82) is 0 Å². The fourth-order valence-corrected chi connectivity index (χ4v) is 4.73. The zero-order valence-corrected chi connectivity index (χ0v) is 18.9. The molecule has 0 spiro atoms. The van der Waals surface area contributed by atoms with E-state index in [4.69, 9.17) is 4.74 Å². The fourth-order valence-electron chi connectivity index (χ4n) is 3.29. The zero-order valence-electron chi connectivity index (χ0n) is 18.1. The third-order valence-corrected chi connectivity index (χ3v) is 7.00. The number of nitro benzene ring substituents is 1. The van der Waals surface area contributed by atoms with Crippen LogP contribution in [0.15, 0.2) is 53.4 Å². The molecule has 0 saturated carbocycles. The third-order valence-electron chi connectivity index (χ3n) is 5.08. The van der Waals surface area contributed by atoms with E-state index in [0.717, 1.165) is 25.3 Å². The van der Waals surface area contributed by atoms with E-state index in [-0.39, 0.29) is 42.2 Å². The van der Waals surface area contributed by atoms with E-state index in [1.807, 2.05) is 0 Å². The Morgan fingerprint density at radius 2 is 1.56 bits per heavy atom. The van der Waals surface area contributed by atoms with Crippen LogP contribution in [-0.2, 0) is 24.3 Å². The van der Waals surface area contributed by atoms with E-state index < -0.39 is 45.1 Å². The highest BCUT2D eigenvalue weighted by molar-refractivity contribution is 7.89. The van der Waals surface area contributed by atoms with Crippen LogP contribution in [-0.4, -0.2) is 80.3 Å². The number of nitro groups is 1. The van der Waals surface area contributed by atoms with Crippen LogP contribution in [0.3, 0.4) is 0 Å². The second-order valence-electron chi connectivity index (χ2n) is 7.19. The molecule has 1 aliphatic rings. The molecule has 34 heavy (non-hydrogen) atoms. The fraction of sp³-hybridized carbons (Fsp3) is 0.286. The van der Waals surface area contributed by atoms with Gasteiger partial charge in [0.15, 0.2) is 6.61 Å². The molecule has 1 fully saturated rings. The molecule has 180 valence electrons. The number of non-ortho nitro benzene ring substituents is 1. The van der Waals surface area contributed by atoms with Crippen LogP contribution in [0.25, 0.3) is 0 Å². The minimum atomic E-state index is -3.68. The van der Waals surface area contributed by atoms with Crippen LogP contribution >= 0.6 is 0 Å². The van der Waals surface area contributed by atoms with Crippen LogP contribution in [0.5, 0.6) is 0 Å². The van der Waals surface area contributed by atoms with Gasteiger partial charge in [0, 0.05) is 38.3 Å². The van der Waals surface area contributed by atoms with Gasteiger partial charge in [0.05, 0.1) is 28.1 Å². The summed E-state index contributed by atoms with van der Waals surface area (Å²) < 4.78 is 36.1. The Labute approximate surface area is 194 Å². The van der Waals surface area contributed by atoms with Crippen LogP contribution < -0.4 is 0 Å². The maximum absolute atomic E-state index is 12.7. The molecule has 2 aromatic rings. The monoisotopic (exact) mass is 491 g/mol. The van der Waals surface area contributed by atoms with Crippen molar-refractivity contribution in [3.8, 4) is 0 Å². The minimum absolute atomic E-state index is 0.0737. The molecule has 0 radical (unpaired) electrons. The molecule has 1 aliphatic heterocycles. The average molecular weight is 491 g/mol. The summed E-state index contributed by atoms with van der Waals surface area (Å²) in [5.41, 5.74) is -1.02. The average Bonchev–Trinajstić information content (AvgIpc) is 2.86. The number of esters is 2. The molecule has 0 unspecified atom stereocenters. The second kappa shape index (κ2) is 10.4. The first-order valence-electron chi connectivity index (χ1n) is 10.0. The maximum Gasteiger partial charge on any atom is 0.338 e. The van der Waals surface area contributed by atoms with Gasteiger partial charge in [0.1, 0.15) is 0 Å². The molecule has 1 saturated heterocycles. The predicted octanol–water partition coefficient (Wildman–Crippen LogP) is 1.07. The highest BCUT2D eigenvalue weighted by atomic mass is 32.2. The van der Waals surface area contributed by atoms with Gasteiger partial charge in [-0.05, 0) is 18.2 Å². The maximum atomic E-state index is 12.7. The number of benzene rings is 2. The van der Waals surface area contributed by atoms with Crippen molar-refractivity contribution in [1.82, 2.24) is 9.21 Å². The van der Waals surface area contributed by atoms with Gasteiger partial charge >= 0.3 is 11.9 Å². The number of rotatable bonds is 7. The Bertz CT molecular complexity index is 1210. The number of hydrogen-bond acceptors (Lipinski definition) is 9.